The van der Waals surface area contributed by atoms with E-state index in [4.69, 9.17) is 14.3 Å². The Morgan fingerprint density at radius 1 is 1.14 bits per heavy atom. The lowest BCUT2D eigenvalue weighted by molar-refractivity contribution is -0.876. The van der Waals surface area contributed by atoms with Crippen LogP contribution in [0.25, 0.3) is 0 Å². The van der Waals surface area contributed by atoms with Crippen LogP contribution in [-0.4, -0.2) is 129 Å². The van der Waals surface area contributed by atoms with Gasteiger partial charge in [0, 0.05) is 5.38 Å². The molecule has 3 aliphatic heterocycles. The Morgan fingerprint density at radius 3 is 2.32 bits per heavy atom. The number of β-lactam (4-membered cyclic amide) rings is 1. The summed E-state index contributed by atoms with van der Waals surface area (Å²) >= 11 is 2.27. The Bertz CT molecular complexity index is 1590. The van der Waals surface area contributed by atoms with Crippen molar-refractivity contribution in [3.8, 4) is 0 Å². The molecule has 2 atom stereocenters. The van der Waals surface area contributed by atoms with Gasteiger partial charge < -0.3 is 34.8 Å². The third-order valence-electron chi connectivity index (χ3n) is 7.78. The summed E-state index contributed by atoms with van der Waals surface area (Å²) in [4.78, 5) is 87.7. The number of nitrogens with zero attached hydrogens (tertiary/aromatic N) is 5. The van der Waals surface area contributed by atoms with Crippen LogP contribution in [-0.2, 0) is 38.3 Å². The molecular weight excluding hydrogens is 718 g/mol. The molecule has 0 unspecified atom stereocenters. The van der Waals surface area contributed by atoms with Crippen LogP contribution in [0, 0.1) is 0 Å². The van der Waals surface area contributed by atoms with Gasteiger partial charge in [-0.2, -0.15) is 0 Å². The van der Waals surface area contributed by atoms with E-state index >= 15 is 0 Å². The van der Waals surface area contributed by atoms with Gasteiger partial charge in [0.15, 0.2) is 10.8 Å². The highest BCUT2D eigenvalue weighted by molar-refractivity contribution is 8.00. The fourth-order valence-electron chi connectivity index (χ4n) is 5.43. The lowest BCUT2D eigenvalue weighted by atomic mass is 9.88. The number of halogens is 1. The fourth-order valence-corrected chi connectivity index (χ4v) is 7.69. The first-order chi connectivity index (χ1) is 22.7. The zero-order valence-corrected chi connectivity index (χ0v) is 31.5. The molecule has 2 saturated heterocycles. The maximum atomic E-state index is 13.8. The smallest absolute Gasteiger partial charge is 0.410 e. The van der Waals surface area contributed by atoms with Crippen molar-refractivity contribution in [3.63, 3.8) is 0 Å². The number of thiazole rings is 1. The third-order valence-corrected chi connectivity index (χ3v) is 9.99. The van der Waals surface area contributed by atoms with Gasteiger partial charge in [0.25, 0.3) is 11.8 Å². The average molecular weight is 760 g/mol. The summed E-state index contributed by atoms with van der Waals surface area (Å²) in [5, 5.41) is 22.2. The number of carbonyl (C=O) groups is 6. The maximum Gasteiger partial charge on any atom is 0.410 e. The molecule has 2 N–H and O–H groups in total. The molecule has 0 aromatic carbocycles. The van der Waals surface area contributed by atoms with Crippen molar-refractivity contribution in [1.29, 1.82) is 0 Å². The largest absolute Gasteiger partial charge is 0.543 e. The van der Waals surface area contributed by atoms with Gasteiger partial charge in [-0.25, -0.2) is 14.6 Å². The highest BCUT2D eigenvalue weighted by Crippen LogP contribution is 2.47. The van der Waals surface area contributed by atoms with Gasteiger partial charge in [-0.1, -0.05) is 5.16 Å². The number of hydrogen-bond donors (Lipinski definition) is 2. The van der Waals surface area contributed by atoms with E-state index in [2.05, 4.69) is 20.8 Å². The van der Waals surface area contributed by atoms with E-state index in [1.807, 2.05) is 7.05 Å². The van der Waals surface area contributed by atoms with Gasteiger partial charge in [-0.3, -0.25) is 28.7 Å². The third kappa shape index (κ3) is 8.85. The lowest BCUT2D eigenvalue weighted by Crippen LogP contribution is -2.79. The van der Waals surface area contributed by atoms with Crippen molar-refractivity contribution in [2.24, 2.45) is 5.16 Å². The number of piperazine rings is 1. The fraction of sp³-hybridized carbons (Fsp3) is 0.600. The number of nitrogens with one attached hydrogen (secondary N) is 2. The predicted molar refractivity (Wildman–Crippen MR) is 183 cm³/mol. The minimum atomic E-state index is -1.58. The molecule has 4 rings (SSSR count). The molecule has 20 heteroatoms. The highest BCUT2D eigenvalue weighted by atomic mass is 35.5. The first-order valence-electron chi connectivity index (χ1n) is 15.3. The van der Waals surface area contributed by atoms with Crippen LogP contribution in [0.15, 0.2) is 21.9 Å². The number of carboxylic acids is 1. The molecule has 2 fully saturated rings. The van der Waals surface area contributed by atoms with Gasteiger partial charge in [0.1, 0.15) is 52.3 Å². The minimum absolute atomic E-state index is 0. The minimum Gasteiger partial charge on any atom is -0.543 e. The van der Waals surface area contributed by atoms with Crippen LogP contribution < -0.4 is 15.7 Å². The maximum absolute atomic E-state index is 13.8. The summed E-state index contributed by atoms with van der Waals surface area (Å²) in [6.45, 7) is 12.6. The SMILES string of the molecule is CC(C)(C)OC(=O)CON=C(C(=O)N[C@]1(C)C(=O)N2C(C(=O)[O-])=C([N+]3(C)CCN(C(=O)OC(C)(C)C)CC3)CS[C@H]21)c1csc(NC=O)n1.Cl. The summed E-state index contributed by atoms with van der Waals surface area (Å²) < 4.78 is 10.8. The number of esters is 1. The number of fused-ring (bicyclic) bond motifs is 1. The molecule has 17 nitrogen and oxygen atoms in total. The van der Waals surface area contributed by atoms with Crippen LogP contribution in [0.1, 0.15) is 54.2 Å². The molecule has 0 saturated carbocycles. The van der Waals surface area contributed by atoms with Crippen molar-refractivity contribution in [1.82, 2.24) is 20.1 Å². The second-order valence-corrected chi connectivity index (χ2v) is 15.9. The molecule has 276 valence electrons. The van der Waals surface area contributed by atoms with Crippen LogP contribution >= 0.6 is 35.5 Å². The molecule has 4 amide bonds. The lowest BCUT2D eigenvalue weighted by Gasteiger charge is -2.57. The van der Waals surface area contributed by atoms with Crippen LogP contribution in [0.4, 0.5) is 9.93 Å². The normalized spacial score (nSPS) is 22.0. The molecule has 50 heavy (non-hydrogen) atoms. The van der Waals surface area contributed by atoms with Gasteiger partial charge in [0.2, 0.25) is 13.0 Å². The van der Waals surface area contributed by atoms with Crippen molar-refractivity contribution >= 4 is 82.6 Å². The number of carbonyl (C=O) groups excluding carboxylic acids is 6. The Kier molecular flexibility index (Phi) is 12.2. The second-order valence-electron chi connectivity index (χ2n) is 14.0. The average Bonchev–Trinajstić information content (AvgIpc) is 3.45. The molecule has 4 heterocycles. The standard InChI is InChI=1S/C30H41N7O10S2.ClH/c1-28(2,3)46-19(39)13-45-34-20(17-14-49-26(32-17)31-16-38)22(40)33-30(7)24(43)36-21(23(41)42)18(15-48-25(30)36)37(8)11-9-35(10-12-37)27(44)47-29(4,5)6;/h14,16,25H,9-13,15H2,1-8H3,(H2-,31,32,33,38,40,41,42);1H/t25-,30+;/m0./s1. The zero-order chi connectivity index (χ0) is 36.5. The van der Waals surface area contributed by atoms with Crippen molar-refractivity contribution < 1.29 is 52.7 Å². The molecule has 1 aromatic heterocycles. The second kappa shape index (κ2) is 15.1. The first-order valence-corrected chi connectivity index (χ1v) is 17.2. The van der Waals surface area contributed by atoms with Gasteiger partial charge >= 0.3 is 12.1 Å². The quantitative estimate of drug-likeness (QED) is 0.0842. The van der Waals surface area contributed by atoms with E-state index < -0.39 is 64.3 Å². The first kappa shape index (κ1) is 40.5. The highest BCUT2D eigenvalue weighted by Gasteiger charge is 2.63. The van der Waals surface area contributed by atoms with Crippen molar-refractivity contribution in [2.45, 2.75) is 70.6 Å². The number of hydrogen-bond acceptors (Lipinski definition) is 14. The number of thioether (sulfide) groups is 1. The molecule has 3 aliphatic rings. The van der Waals surface area contributed by atoms with E-state index in [9.17, 15) is 33.9 Å². The Labute approximate surface area is 303 Å². The topological polar surface area (TPSA) is 209 Å². The summed E-state index contributed by atoms with van der Waals surface area (Å²) in [5.41, 5.74) is -3.25. The number of amides is 4. The molecule has 0 bridgehead atoms. The molecule has 0 aliphatic carbocycles. The van der Waals surface area contributed by atoms with Crippen LogP contribution in [0.5, 0.6) is 0 Å². The monoisotopic (exact) mass is 759 g/mol. The number of rotatable bonds is 10. The number of oxime groups is 1. The summed E-state index contributed by atoms with van der Waals surface area (Å²) in [6, 6.07) is 0. The number of likely N-dealkylation sites (N-methyl/N-ethyl adjacent to an activating group) is 1. The van der Waals surface area contributed by atoms with Gasteiger partial charge in [0.05, 0.1) is 31.9 Å². The molecular formula is C30H42ClN7O10S2. The summed E-state index contributed by atoms with van der Waals surface area (Å²) in [7, 11) is 1.85. The van der Waals surface area contributed by atoms with E-state index in [0.717, 1.165) is 16.2 Å². The summed E-state index contributed by atoms with van der Waals surface area (Å²) in [6.07, 6.45) is -0.0517. The predicted octanol–water partition coefficient (Wildman–Crippen LogP) is 0.644. The van der Waals surface area contributed by atoms with Crippen LogP contribution in [0.3, 0.4) is 0 Å². The van der Waals surface area contributed by atoms with E-state index in [-0.39, 0.29) is 39.2 Å². The zero-order valence-electron chi connectivity index (χ0n) is 29.0. The Morgan fingerprint density at radius 2 is 1.76 bits per heavy atom. The molecule has 0 spiro atoms. The number of carboxylic acid groups (broad SMARTS) is 1. The Balaban J connectivity index is 0.00000676. The summed E-state index contributed by atoms with van der Waals surface area (Å²) in [5.74, 6) is -3.66. The molecule has 0 radical (unpaired) electrons. The molecule has 1 aromatic rings. The number of ether oxygens (including phenoxy) is 2. The van der Waals surface area contributed by atoms with E-state index in [1.165, 1.54) is 24.1 Å². The number of anilines is 1. The van der Waals surface area contributed by atoms with Crippen molar-refractivity contribution in [3.05, 3.63) is 22.5 Å². The Hall–Kier alpha value is -3.94. The van der Waals surface area contributed by atoms with Gasteiger partial charge in [-0.15, -0.1) is 35.5 Å². The van der Waals surface area contributed by atoms with E-state index in [0.29, 0.717) is 38.3 Å². The van der Waals surface area contributed by atoms with E-state index in [1.54, 1.807) is 46.4 Å². The number of quaternary nitrogens is 1. The number of aliphatic carboxylic acids is 1. The number of aromatic nitrogens is 1. The van der Waals surface area contributed by atoms with Crippen molar-refractivity contribution in [2.75, 3.05) is 50.9 Å². The van der Waals surface area contributed by atoms with Gasteiger partial charge in [-0.05, 0) is 48.5 Å². The van der Waals surface area contributed by atoms with Crippen LogP contribution in [0.2, 0.25) is 0 Å².